The highest BCUT2D eigenvalue weighted by Gasteiger charge is 2.20. The molecule has 0 aromatic heterocycles. The van der Waals surface area contributed by atoms with E-state index < -0.39 is 0 Å². The minimum atomic E-state index is 0.264. The highest BCUT2D eigenvalue weighted by molar-refractivity contribution is 5.74. The van der Waals surface area contributed by atoms with E-state index in [2.05, 4.69) is 69.6 Å². The predicted molar refractivity (Wildman–Crippen MR) is 101 cm³/mol. The molecule has 0 amide bonds. The van der Waals surface area contributed by atoms with Crippen LogP contribution in [-0.2, 0) is 19.4 Å². The topological polar surface area (TPSA) is 12.0 Å². The second-order valence-electron chi connectivity index (χ2n) is 7.97. The summed E-state index contributed by atoms with van der Waals surface area (Å²) in [6, 6.07) is 2.37. The van der Waals surface area contributed by atoms with E-state index >= 15 is 0 Å². The van der Waals surface area contributed by atoms with E-state index in [0.717, 1.165) is 31.5 Å². The molecule has 120 valence electrons. The quantitative estimate of drug-likeness (QED) is 0.783. The molecule has 3 rings (SSSR count). The van der Waals surface area contributed by atoms with Crippen LogP contribution < -0.4 is 5.32 Å². The van der Waals surface area contributed by atoms with E-state index in [0.29, 0.717) is 0 Å². The Bertz CT molecular complexity index is 723. The second-order valence-corrected chi connectivity index (χ2v) is 7.97. The Hall–Kier alpha value is -2.02. The number of nitrogens with one attached hydrogen (secondary N) is 1. The van der Waals surface area contributed by atoms with Crippen LogP contribution in [-0.4, -0.2) is 0 Å². The van der Waals surface area contributed by atoms with Crippen LogP contribution in [0.1, 0.15) is 55.0 Å². The number of benzene rings is 1. The Balaban J connectivity index is 1.88. The van der Waals surface area contributed by atoms with Crippen molar-refractivity contribution in [2.75, 3.05) is 0 Å². The van der Waals surface area contributed by atoms with E-state index in [9.17, 15) is 0 Å². The van der Waals surface area contributed by atoms with Crippen LogP contribution in [0.5, 0.6) is 0 Å². The third kappa shape index (κ3) is 3.50. The maximum absolute atomic E-state index is 4.21. The first-order valence-corrected chi connectivity index (χ1v) is 8.45. The van der Waals surface area contributed by atoms with Gasteiger partial charge in [-0.05, 0) is 52.5 Å². The molecule has 0 unspecified atom stereocenters. The lowest BCUT2D eigenvalue weighted by atomic mass is 9.86. The summed E-state index contributed by atoms with van der Waals surface area (Å²) in [5.74, 6) is 0. The molecule has 1 heteroatoms. The summed E-state index contributed by atoms with van der Waals surface area (Å²) in [4.78, 5) is 0. The molecule has 0 fully saturated rings. The molecule has 0 atom stereocenters. The summed E-state index contributed by atoms with van der Waals surface area (Å²) in [6.45, 7) is 15.9. The maximum atomic E-state index is 4.21. The van der Waals surface area contributed by atoms with Crippen LogP contribution in [0.4, 0.5) is 0 Å². The summed E-state index contributed by atoms with van der Waals surface area (Å²) >= 11 is 0. The van der Waals surface area contributed by atoms with Crippen LogP contribution in [0.15, 0.2) is 42.6 Å². The van der Waals surface area contributed by atoms with Crippen molar-refractivity contribution >= 4 is 12.2 Å². The molecule has 0 aliphatic heterocycles. The molecule has 1 N–H and O–H groups in total. The van der Waals surface area contributed by atoms with Crippen molar-refractivity contribution in [3.63, 3.8) is 0 Å². The molecule has 0 bridgehead atoms. The standard InChI is InChI=1S/C22H27N/c1-15-9-10-20-18(11-15)12-17-7-6-8-19(17)21(20)14-23-16(2)13-22(3,4)5/h6,8-10,12,23H,1-2,7,11,13-14H2,3-5H3. The van der Waals surface area contributed by atoms with Gasteiger partial charge in [-0.15, -0.1) is 0 Å². The average Bonchev–Trinajstić information content (AvgIpc) is 2.89. The molecule has 1 aromatic rings. The molecule has 2 aliphatic rings. The van der Waals surface area contributed by atoms with Crippen molar-refractivity contribution in [2.45, 2.75) is 46.6 Å². The number of hydrogen-bond acceptors (Lipinski definition) is 1. The zero-order valence-corrected chi connectivity index (χ0v) is 14.6. The minimum absolute atomic E-state index is 0.264. The van der Waals surface area contributed by atoms with Crippen LogP contribution >= 0.6 is 0 Å². The van der Waals surface area contributed by atoms with E-state index in [1.807, 2.05) is 0 Å². The first-order chi connectivity index (χ1) is 10.8. The molecule has 0 saturated carbocycles. The number of rotatable bonds is 4. The Morgan fingerprint density at radius 3 is 2.61 bits per heavy atom. The Morgan fingerprint density at radius 2 is 1.87 bits per heavy atom. The van der Waals surface area contributed by atoms with Crippen LogP contribution in [0.25, 0.3) is 12.2 Å². The van der Waals surface area contributed by atoms with Crippen LogP contribution in [0, 0.1) is 5.41 Å². The van der Waals surface area contributed by atoms with E-state index in [4.69, 9.17) is 0 Å². The molecule has 23 heavy (non-hydrogen) atoms. The maximum Gasteiger partial charge on any atom is 0.0409 e. The highest BCUT2D eigenvalue weighted by Crippen LogP contribution is 2.34. The van der Waals surface area contributed by atoms with Gasteiger partial charge in [-0.1, -0.05) is 69.9 Å². The van der Waals surface area contributed by atoms with Crippen molar-refractivity contribution in [2.24, 2.45) is 5.41 Å². The Labute approximate surface area is 140 Å². The Kier molecular flexibility index (Phi) is 4.06. The van der Waals surface area contributed by atoms with E-state index in [1.54, 1.807) is 0 Å². The lowest BCUT2D eigenvalue weighted by Crippen LogP contribution is -2.19. The smallest absolute Gasteiger partial charge is 0.0409 e. The molecule has 2 aliphatic carbocycles. The molecule has 0 radical (unpaired) electrons. The molecule has 0 heterocycles. The van der Waals surface area contributed by atoms with Crippen LogP contribution in [0.3, 0.4) is 0 Å². The summed E-state index contributed by atoms with van der Waals surface area (Å²) in [5, 5.41) is 3.56. The first-order valence-electron chi connectivity index (χ1n) is 8.45. The molecule has 0 saturated heterocycles. The lowest BCUT2D eigenvalue weighted by molar-refractivity contribution is 0.398. The molecular formula is C22H27N. The fourth-order valence-electron chi connectivity index (χ4n) is 3.54. The summed E-state index contributed by atoms with van der Waals surface area (Å²) in [5.41, 5.74) is 9.62. The minimum Gasteiger partial charge on any atom is -0.385 e. The fourth-order valence-corrected chi connectivity index (χ4v) is 3.54. The second kappa shape index (κ2) is 5.88. The van der Waals surface area contributed by atoms with Crippen molar-refractivity contribution < 1.29 is 0 Å². The summed E-state index contributed by atoms with van der Waals surface area (Å²) in [6.07, 6.45) is 11.9. The number of allylic oxidation sites excluding steroid dienone is 4. The summed E-state index contributed by atoms with van der Waals surface area (Å²) in [7, 11) is 0. The van der Waals surface area contributed by atoms with Gasteiger partial charge in [0.05, 0.1) is 0 Å². The van der Waals surface area contributed by atoms with Crippen molar-refractivity contribution in [3.8, 4) is 0 Å². The lowest BCUT2D eigenvalue weighted by Gasteiger charge is -2.23. The highest BCUT2D eigenvalue weighted by atomic mass is 14.9. The largest absolute Gasteiger partial charge is 0.385 e. The zero-order valence-electron chi connectivity index (χ0n) is 14.6. The third-order valence-corrected chi connectivity index (χ3v) is 4.47. The van der Waals surface area contributed by atoms with Crippen LogP contribution in [0.2, 0.25) is 0 Å². The van der Waals surface area contributed by atoms with Gasteiger partial charge in [-0.3, -0.25) is 0 Å². The predicted octanol–water partition coefficient (Wildman–Crippen LogP) is 5.42. The molecule has 0 spiro atoms. The van der Waals surface area contributed by atoms with Crippen molar-refractivity contribution in [3.05, 3.63) is 70.5 Å². The third-order valence-electron chi connectivity index (χ3n) is 4.47. The monoisotopic (exact) mass is 305 g/mol. The molecule has 1 aromatic carbocycles. The van der Waals surface area contributed by atoms with Gasteiger partial charge in [0.25, 0.3) is 0 Å². The fraction of sp³-hybridized carbons (Fsp3) is 0.364. The average molecular weight is 305 g/mol. The Morgan fingerprint density at radius 1 is 1.13 bits per heavy atom. The van der Waals surface area contributed by atoms with E-state index in [-0.39, 0.29) is 5.41 Å². The van der Waals surface area contributed by atoms with Gasteiger partial charge in [-0.2, -0.15) is 0 Å². The zero-order chi connectivity index (χ0) is 16.6. The van der Waals surface area contributed by atoms with Gasteiger partial charge in [-0.25, -0.2) is 0 Å². The molecular weight excluding hydrogens is 278 g/mol. The van der Waals surface area contributed by atoms with Gasteiger partial charge in [0.1, 0.15) is 0 Å². The number of hydrogen-bond donors (Lipinski definition) is 1. The van der Waals surface area contributed by atoms with Crippen molar-refractivity contribution in [1.82, 2.24) is 5.32 Å². The summed E-state index contributed by atoms with van der Waals surface area (Å²) < 4.78 is 0. The number of fused-ring (bicyclic) bond motifs is 2. The SMILES string of the molecule is C=C1C=Cc2c(cc3c(c2CNC(=C)CC(C)(C)C)C=CC3)C1. The van der Waals surface area contributed by atoms with Gasteiger partial charge in [0, 0.05) is 12.2 Å². The molecule has 1 nitrogen and oxygen atoms in total. The van der Waals surface area contributed by atoms with Gasteiger partial charge in [0.2, 0.25) is 0 Å². The van der Waals surface area contributed by atoms with Gasteiger partial charge < -0.3 is 5.32 Å². The van der Waals surface area contributed by atoms with Gasteiger partial charge >= 0.3 is 0 Å². The van der Waals surface area contributed by atoms with E-state index in [1.165, 1.54) is 33.4 Å². The normalized spacial score (nSPS) is 15.5. The van der Waals surface area contributed by atoms with Crippen molar-refractivity contribution in [1.29, 1.82) is 0 Å². The van der Waals surface area contributed by atoms with Gasteiger partial charge in [0.15, 0.2) is 0 Å². The first kappa shape index (κ1) is 15.9.